The molecule has 17 heavy (non-hydrogen) atoms. The van der Waals surface area contributed by atoms with E-state index in [2.05, 4.69) is 0 Å². The van der Waals surface area contributed by atoms with Gasteiger partial charge in [0, 0.05) is 5.56 Å². The average Bonchev–Trinajstić information content (AvgIpc) is 2.39. The predicted octanol–water partition coefficient (Wildman–Crippen LogP) is 2.88. The Morgan fingerprint density at radius 3 is 2.24 bits per heavy atom. The van der Waals surface area contributed by atoms with Crippen molar-refractivity contribution in [3.63, 3.8) is 0 Å². The summed E-state index contributed by atoms with van der Waals surface area (Å²) in [7, 11) is 0. The number of carbonyl (C=O) groups is 1. The van der Waals surface area contributed by atoms with Gasteiger partial charge in [-0.15, -0.1) is 0 Å². The average molecular weight is 225 g/mol. The molecule has 0 radical (unpaired) electrons. The molecule has 86 valence electrons. The second kappa shape index (κ2) is 4.93. The third-order valence-corrected chi connectivity index (χ3v) is 2.85. The molecular weight excluding hydrogens is 210 g/mol. The van der Waals surface area contributed by atoms with Crippen LogP contribution in [0.2, 0.25) is 0 Å². The summed E-state index contributed by atoms with van der Waals surface area (Å²) in [6.45, 7) is 1.92. The molecular formula is C15H15NO. The van der Waals surface area contributed by atoms with Gasteiger partial charge in [0.05, 0.1) is 6.04 Å². The maximum absolute atomic E-state index is 12.2. The smallest absolute Gasteiger partial charge is 0.184 e. The number of Topliss-reactive ketones (excluding diaryl/α,β-unsaturated/α-hetero) is 1. The molecule has 0 amide bonds. The number of benzene rings is 2. The summed E-state index contributed by atoms with van der Waals surface area (Å²) in [4.78, 5) is 12.2. The van der Waals surface area contributed by atoms with E-state index < -0.39 is 6.04 Å². The second-order valence-electron chi connectivity index (χ2n) is 4.07. The third-order valence-electron chi connectivity index (χ3n) is 2.85. The first kappa shape index (κ1) is 11.6. The summed E-state index contributed by atoms with van der Waals surface area (Å²) in [6, 6.07) is 16.4. The van der Waals surface area contributed by atoms with Gasteiger partial charge >= 0.3 is 0 Å². The molecule has 0 heterocycles. The van der Waals surface area contributed by atoms with Crippen LogP contribution >= 0.6 is 0 Å². The predicted molar refractivity (Wildman–Crippen MR) is 68.9 cm³/mol. The fourth-order valence-electron chi connectivity index (χ4n) is 1.83. The minimum absolute atomic E-state index is 0.0331. The molecule has 2 aromatic rings. The number of nitrogens with two attached hydrogens (primary N) is 1. The van der Waals surface area contributed by atoms with Gasteiger partial charge in [0.2, 0.25) is 0 Å². The minimum Gasteiger partial charge on any atom is -0.318 e. The monoisotopic (exact) mass is 225 g/mol. The highest BCUT2D eigenvalue weighted by molar-refractivity contribution is 6.01. The van der Waals surface area contributed by atoms with Crippen molar-refractivity contribution in [3.8, 4) is 0 Å². The number of hydrogen-bond donors (Lipinski definition) is 1. The molecule has 2 aromatic carbocycles. The first-order valence-electron chi connectivity index (χ1n) is 5.60. The molecule has 0 aliphatic heterocycles. The van der Waals surface area contributed by atoms with Crippen LogP contribution in [-0.2, 0) is 0 Å². The highest BCUT2D eigenvalue weighted by Gasteiger charge is 2.18. The molecule has 0 spiro atoms. The molecule has 0 fully saturated rings. The number of hydrogen-bond acceptors (Lipinski definition) is 2. The van der Waals surface area contributed by atoms with E-state index in [-0.39, 0.29) is 5.78 Å². The van der Waals surface area contributed by atoms with Crippen LogP contribution < -0.4 is 5.73 Å². The Hall–Kier alpha value is -1.93. The van der Waals surface area contributed by atoms with Gasteiger partial charge in [0.1, 0.15) is 0 Å². The van der Waals surface area contributed by atoms with Crippen molar-refractivity contribution >= 4 is 5.78 Å². The van der Waals surface area contributed by atoms with Gasteiger partial charge in [-0.05, 0) is 18.1 Å². The quantitative estimate of drug-likeness (QED) is 0.816. The van der Waals surface area contributed by atoms with Crippen molar-refractivity contribution in [2.24, 2.45) is 5.73 Å². The van der Waals surface area contributed by atoms with Gasteiger partial charge < -0.3 is 5.73 Å². The SMILES string of the molecule is Cc1ccccc1C(=O)[C@H](N)c1ccccc1. The van der Waals surface area contributed by atoms with Crippen LogP contribution in [0, 0.1) is 6.92 Å². The first-order valence-corrected chi connectivity index (χ1v) is 5.60. The highest BCUT2D eigenvalue weighted by Crippen LogP contribution is 2.18. The van der Waals surface area contributed by atoms with E-state index in [1.807, 2.05) is 61.5 Å². The number of ketones is 1. The molecule has 2 rings (SSSR count). The molecule has 0 unspecified atom stereocenters. The number of aryl methyl sites for hydroxylation is 1. The highest BCUT2D eigenvalue weighted by atomic mass is 16.1. The van der Waals surface area contributed by atoms with Crippen molar-refractivity contribution < 1.29 is 4.79 Å². The summed E-state index contributed by atoms with van der Waals surface area (Å²) in [6.07, 6.45) is 0. The van der Waals surface area contributed by atoms with Crippen molar-refractivity contribution in [2.75, 3.05) is 0 Å². The zero-order valence-electron chi connectivity index (χ0n) is 9.76. The minimum atomic E-state index is -0.586. The first-order chi connectivity index (χ1) is 8.20. The fraction of sp³-hybridized carbons (Fsp3) is 0.133. The van der Waals surface area contributed by atoms with Crippen LogP contribution in [0.25, 0.3) is 0 Å². The third kappa shape index (κ3) is 2.43. The summed E-state index contributed by atoms with van der Waals surface area (Å²) in [5.41, 5.74) is 8.50. The van der Waals surface area contributed by atoms with Gasteiger partial charge in [0.25, 0.3) is 0 Å². The van der Waals surface area contributed by atoms with Gasteiger partial charge in [-0.2, -0.15) is 0 Å². The molecule has 0 aromatic heterocycles. The standard InChI is InChI=1S/C15H15NO/c1-11-7-5-6-10-13(11)15(17)14(16)12-8-3-2-4-9-12/h2-10,14H,16H2,1H3/t14-/m1/s1. The van der Waals surface area contributed by atoms with Gasteiger partial charge in [-0.3, -0.25) is 4.79 Å². The second-order valence-corrected chi connectivity index (χ2v) is 4.07. The van der Waals surface area contributed by atoms with E-state index in [1.54, 1.807) is 0 Å². The zero-order valence-corrected chi connectivity index (χ0v) is 9.76. The lowest BCUT2D eigenvalue weighted by Gasteiger charge is -2.12. The largest absolute Gasteiger partial charge is 0.318 e. The maximum atomic E-state index is 12.2. The molecule has 0 aliphatic rings. The van der Waals surface area contributed by atoms with E-state index in [4.69, 9.17) is 5.73 Å². The van der Waals surface area contributed by atoms with Crippen LogP contribution in [0.5, 0.6) is 0 Å². The van der Waals surface area contributed by atoms with Gasteiger partial charge in [-0.1, -0.05) is 54.6 Å². The van der Waals surface area contributed by atoms with Crippen molar-refractivity contribution in [1.82, 2.24) is 0 Å². The Labute approximate surface area is 101 Å². The lowest BCUT2D eigenvalue weighted by molar-refractivity contribution is 0.0960. The van der Waals surface area contributed by atoms with E-state index in [9.17, 15) is 4.79 Å². The topological polar surface area (TPSA) is 43.1 Å². The van der Waals surface area contributed by atoms with E-state index in [0.29, 0.717) is 5.56 Å². The molecule has 2 heteroatoms. The van der Waals surface area contributed by atoms with E-state index >= 15 is 0 Å². The summed E-state index contributed by atoms with van der Waals surface area (Å²) in [5, 5.41) is 0. The molecule has 2 N–H and O–H groups in total. The Balaban J connectivity index is 2.30. The Kier molecular flexibility index (Phi) is 3.35. The van der Waals surface area contributed by atoms with Gasteiger partial charge in [-0.25, -0.2) is 0 Å². The van der Waals surface area contributed by atoms with Crippen molar-refractivity contribution in [1.29, 1.82) is 0 Å². The summed E-state index contributed by atoms with van der Waals surface area (Å²) in [5.74, 6) is -0.0331. The lowest BCUT2D eigenvalue weighted by atomic mass is 9.95. The normalized spacial score (nSPS) is 12.1. The molecule has 0 bridgehead atoms. The van der Waals surface area contributed by atoms with E-state index in [1.165, 1.54) is 0 Å². The van der Waals surface area contributed by atoms with Gasteiger partial charge in [0.15, 0.2) is 5.78 Å². The lowest BCUT2D eigenvalue weighted by Crippen LogP contribution is -2.22. The number of carbonyl (C=O) groups excluding carboxylic acids is 1. The van der Waals surface area contributed by atoms with Crippen molar-refractivity contribution in [2.45, 2.75) is 13.0 Å². The van der Waals surface area contributed by atoms with Crippen molar-refractivity contribution in [3.05, 3.63) is 71.3 Å². The molecule has 0 saturated heterocycles. The van der Waals surface area contributed by atoms with E-state index in [0.717, 1.165) is 11.1 Å². The van der Waals surface area contributed by atoms with Crippen LogP contribution in [-0.4, -0.2) is 5.78 Å². The van der Waals surface area contributed by atoms with Crippen LogP contribution in [0.4, 0.5) is 0 Å². The van der Waals surface area contributed by atoms with Crippen LogP contribution in [0.3, 0.4) is 0 Å². The Morgan fingerprint density at radius 1 is 1.00 bits per heavy atom. The van der Waals surface area contributed by atoms with Crippen LogP contribution in [0.15, 0.2) is 54.6 Å². The Bertz CT molecular complexity index is 519. The summed E-state index contributed by atoms with van der Waals surface area (Å²) < 4.78 is 0. The maximum Gasteiger partial charge on any atom is 0.184 e. The molecule has 2 nitrogen and oxygen atoms in total. The number of rotatable bonds is 3. The summed E-state index contributed by atoms with van der Waals surface area (Å²) >= 11 is 0. The molecule has 0 saturated carbocycles. The molecule has 1 atom stereocenters. The molecule has 0 aliphatic carbocycles. The zero-order chi connectivity index (χ0) is 12.3. The Morgan fingerprint density at radius 2 is 1.59 bits per heavy atom. The van der Waals surface area contributed by atoms with Crippen LogP contribution in [0.1, 0.15) is 27.5 Å². The fourth-order valence-corrected chi connectivity index (χ4v) is 1.83.